The Morgan fingerprint density at radius 1 is 1.42 bits per heavy atom. The average Bonchev–Trinajstić information content (AvgIpc) is 2.86. The van der Waals surface area contributed by atoms with Gasteiger partial charge >= 0.3 is 0 Å². The van der Waals surface area contributed by atoms with Crippen molar-refractivity contribution in [2.75, 3.05) is 19.8 Å². The fourth-order valence-corrected chi connectivity index (χ4v) is 3.04. The van der Waals surface area contributed by atoms with E-state index in [9.17, 15) is 4.79 Å². The Kier molecular flexibility index (Phi) is 3.37. The average molecular weight is 261 g/mol. The predicted molar refractivity (Wildman–Crippen MR) is 70.1 cm³/mol. The molecule has 2 unspecified atom stereocenters. The molecule has 4 heteroatoms. The molecule has 0 aliphatic carbocycles. The Balaban J connectivity index is 1.76. The molecular formula is C15H19NO3. The highest BCUT2D eigenvalue weighted by Crippen LogP contribution is 2.37. The first-order valence-electron chi connectivity index (χ1n) is 6.86. The van der Waals surface area contributed by atoms with Crippen LogP contribution in [0.4, 0.5) is 0 Å². The van der Waals surface area contributed by atoms with Crippen LogP contribution < -0.4 is 0 Å². The molecule has 0 bridgehead atoms. The van der Waals surface area contributed by atoms with E-state index in [4.69, 9.17) is 9.47 Å². The summed E-state index contributed by atoms with van der Waals surface area (Å²) in [4.78, 5) is 16.7. The Labute approximate surface area is 113 Å². The molecule has 102 valence electrons. The molecule has 1 aromatic rings. The number of nitrogens with zero attached hydrogens (tertiary/aromatic N) is 1. The van der Waals surface area contributed by atoms with Crippen molar-refractivity contribution in [3.8, 4) is 0 Å². The van der Waals surface area contributed by atoms with Gasteiger partial charge in [-0.1, -0.05) is 0 Å². The number of carbonyl (C=O) groups is 1. The third-order valence-electron chi connectivity index (χ3n) is 4.09. The van der Waals surface area contributed by atoms with Gasteiger partial charge in [0.25, 0.3) is 0 Å². The summed E-state index contributed by atoms with van der Waals surface area (Å²) >= 11 is 0. The van der Waals surface area contributed by atoms with E-state index < -0.39 is 0 Å². The summed E-state index contributed by atoms with van der Waals surface area (Å²) in [6.07, 6.45) is 5.92. The standard InChI is InChI=1S/C15H19NO3/c1-11-6-13(9-16-8-11)14(17)12-2-4-19-15(7-12)3-5-18-10-15/h6,8-9,12H,2-5,7,10H2,1H3. The van der Waals surface area contributed by atoms with E-state index in [-0.39, 0.29) is 17.3 Å². The first-order chi connectivity index (χ1) is 9.19. The molecule has 2 fully saturated rings. The lowest BCUT2D eigenvalue weighted by atomic mass is 9.81. The topological polar surface area (TPSA) is 48.4 Å². The highest BCUT2D eigenvalue weighted by Gasteiger charge is 2.43. The number of aromatic nitrogens is 1. The third kappa shape index (κ3) is 2.55. The van der Waals surface area contributed by atoms with Gasteiger partial charge in [0.2, 0.25) is 0 Å². The highest BCUT2D eigenvalue weighted by molar-refractivity contribution is 5.97. The largest absolute Gasteiger partial charge is 0.378 e. The van der Waals surface area contributed by atoms with Gasteiger partial charge in [0.05, 0.1) is 12.2 Å². The van der Waals surface area contributed by atoms with Crippen molar-refractivity contribution < 1.29 is 14.3 Å². The lowest BCUT2D eigenvalue weighted by Crippen LogP contribution is -2.42. The number of carbonyl (C=O) groups excluding carboxylic acids is 1. The molecule has 0 amide bonds. The second-order valence-electron chi connectivity index (χ2n) is 5.64. The summed E-state index contributed by atoms with van der Waals surface area (Å²) in [7, 11) is 0. The minimum Gasteiger partial charge on any atom is -0.378 e. The number of hydrogen-bond donors (Lipinski definition) is 0. The number of ketones is 1. The van der Waals surface area contributed by atoms with Crippen molar-refractivity contribution >= 4 is 5.78 Å². The highest BCUT2D eigenvalue weighted by atomic mass is 16.6. The van der Waals surface area contributed by atoms with Crippen molar-refractivity contribution in [3.05, 3.63) is 29.6 Å². The molecule has 0 aromatic carbocycles. The van der Waals surface area contributed by atoms with E-state index in [1.54, 1.807) is 12.4 Å². The quantitative estimate of drug-likeness (QED) is 0.765. The van der Waals surface area contributed by atoms with Crippen molar-refractivity contribution in [2.45, 2.75) is 31.8 Å². The number of rotatable bonds is 2. The first-order valence-corrected chi connectivity index (χ1v) is 6.86. The van der Waals surface area contributed by atoms with Crippen LogP contribution in [-0.2, 0) is 9.47 Å². The van der Waals surface area contributed by atoms with E-state index in [0.717, 1.165) is 37.0 Å². The molecule has 2 aliphatic rings. The van der Waals surface area contributed by atoms with Crippen LogP contribution in [0.3, 0.4) is 0 Å². The van der Waals surface area contributed by atoms with Gasteiger partial charge in [0.1, 0.15) is 0 Å². The molecule has 0 N–H and O–H groups in total. The van der Waals surface area contributed by atoms with Crippen LogP contribution in [0.25, 0.3) is 0 Å². The predicted octanol–water partition coefficient (Wildman–Crippen LogP) is 2.16. The molecule has 3 rings (SSSR count). The van der Waals surface area contributed by atoms with Crippen LogP contribution in [0.15, 0.2) is 18.5 Å². The maximum absolute atomic E-state index is 12.6. The molecule has 0 saturated carbocycles. The van der Waals surface area contributed by atoms with Crippen LogP contribution in [0.2, 0.25) is 0 Å². The normalized spacial score (nSPS) is 30.7. The van der Waals surface area contributed by atoms with Gasteiger partial charge in [0, 0.05) is 43.5 Å². The monoisotopic (exact) mass is 261 g/mol. The van der Waals surface area contributed by atoms with Crippen LogP contribution in [0.5, 0.6) is 0 Å². The molecule has 1 aromatic heterocycles. The summed E-state index contributed by atoms with van der Waals surface area (Å²) in [5.74, 6) is 0.241. The Morgan fingerprint density at radius 3 is 3.05 bits per heavy atom. The zero-order valence-electron chi connectivity index (χ0n) is 11.2. The number of ether oxygens (including phenoxy) is 2. The lowest BCUT2D eigenvalue weighted by Gasteiger charge is -2.36. The van der Waals surface area contributed by atoms with Crippen molar-refractivity contribution in [2.24, 2.45) is 5.92 Å². The van der Waals surface area contributed by atoms with Gasteiger partial charge in [-0.3, -0.25) is 9.78 Å². The maximum Gasteiger partial charge on any atom is 0.167 e. The maximum atomic E-state index is 12.6. The van der Waals surface area contributed by atoms with E-state index >= 15 is 0 Å². The summed E-state index contributed by atoms with van der Waals surface area (Å²) in [6.45, 7) is 3.98. The number of pyridine rings is 1. The smallest absolute Gasteiger partial charge is 0.167 e. The molecule has 2 atom stereocenters. The summed E-state index contributed by atoms with van der Waals surface area (Å²) in [6, 6.07) is 1.92. The minimum atomic E-state index is -0.212. The SMILES string of the molecule is Cc1cncc(C(=O)C2CCOC3(CCOC3)C2)c1. The first kappa shape index (κ1) is 12.8. The summed E-state index contributed by atoms with van der Waals surface area (Å²) in [5.41, 5.74) is 1.54. The van der Waals surface area contributed by atoms with Gasteiger partial charge in [-0.15, -0.1) is 0 Å². The Hall–Kier alpha value is -1.26. The van der Waals surface area contributed by atoms with Crippen molar-refractivity contribution in [3.63, 3.8) is 0 Å². The van der Waals surface area contributed by atoms with E-state index in [2.05, 4.69) is 4.98 Å². The molecule has 3 heterocycles. The number of Topliss-reactive ketones (excluding diaryl/α,β-unsaturated/α-hetero) is 1. The van der Waals surface area contributed by atoms with E-state index in [0.29, 0.717) is 13.2 Å². The fraction of sp³-hybridized carbons (Fsp3) is 0.600. The third-order valence-corrected chi connectivity index (χ3v) is 4.09. The molecule has 2 saturated heterocycles. The fourth-order valence-electron chi connectivity index (χ4n) is 3.04. The molecule has 19 heavy (non-hydrogen) atoms. The van der Waals surface area contributed by atoms with Crippen LogP contribution in [0.1, 0.15) is 35.2 Å². The van der Waals surface area contributed by atoms with E-state index in [1.165, 1.54) is 0 Å². The molecule has 2 aliphatic heterocycles. The zero-order valence-corrected chi connectivity index (χ0v) is 11.2. The van der Waals surface area contributed by atoms with Crippen LogP contribution in [0, 0.1) is 12.8 Å². The van der Waals surface area contributed by atoms with Crippen LogP contribution in [-0.4, -0.2) is 36.2 Å². The van der Waals surface area contributed by atoms with Gasteiger partial charge < -0.3 is 9.47 Å². The van der Waals surface area contributed by atoms with Gasteiger partial charge in [-0.25, -0.2) is 0 Å². The number of hydrogen-bond acceptors (Lipinski definition) is 4. The zero-order chi connectivity index (χ0) is 13.3. The molecular weight excluding hydrogens is 242 g/mol. The van der Waals surface area contributed by atoms with Crippen LogP contribution >= 0.6 is 0 Å². The molecule has 0 radical (unpaired) electrons. The van der Waals surface area contributed by atoms with Gasteiger partial charge in [0.15, 0.2) is 5.78 Å². The van der Waals surface area contributed by atoms with Gasteiger partial charge in [-0.05, 0) is 31.4 Å². The van der Waals surface area contributed by atoms with Gasteiger partial charge in [-0.2, -0.15) is 0 Å². The summed E-state index contributed by atoms with van der Waals surface area (Å²) in [5, 5.41) is 0. The van der Waals surface area contributed by atoms with Crippen molar-refractivity contribution in [1.29, 1.82) is 0 Å². The van der Waals surface area contributed by atoms with Crippen molar-refractivity contribution in [1.82, 2.24) is 4.98 Å². The Morgan fingerprint density at radius 2 is 2.32 bits per heavy atom. The van der Waals surface area contributed by atoms with E-state index in [1.807, 2.05) is 13.0 Å². The summed E-state index contributed by atoms with van der Waals surface area (Å²) < 4.78 is 11.3. The molecule has 4 nitrogen and oxygen atoms in total. The minimum absolute atomic E-state index is 0.0408. The second kappa shape index (κ2) is 5.02. The second-order valence-corrected chi connectivity index (χ2v) is 5.64. The number of aryl methyl sites for hydroxylation is 1. The Bertz CT molecular complexity index is 480. The molecule has 1 spiro atoms. The lowest BCUT2D eigenvalue weighted by molar-refractivity contribution is -0.0920.